The molecule has 0 radical (unpaired) electrons. The van der Waals surface area contributed by atoms with E-state index in [2.05, 4.69) is 34.5 Å². The van der Waals surface area contributed by atoms with Crippen LogP contribution in [-0.2, 0) is 0 Å². The van der Waals surface area contributed by atoms with Crippen molar-refractivity contribution < 1.29 is 0 Å². The van der Waals surface area contributed by atoms with E-state index in [4.69, 9.17) is 11.6 Å². The molecule has 2 heterocycles. The Morgan fingerprint density at radius 2 is 2.15 bits per heavy atom. The van der Waals surface area contributed by atoms with Gasteiger partial charge in [-0.25, -0.2) is 9.97 Å². The predicted octanol–water partition coefficient (Wildman–Crippen LogP) is 4.74. The highest BCUT2D eigenvalue weighted by atomic mass is 35.5. The van der Waals surface area contributed by atoms with Crippen molar-refractivity contribution >= 4 is 50.7 Å². The Balaban J connectivity index is 1.93. The number of thioether (sulfide) groups is 1. The van der Waals surface area contributed by atoms with Crippen LogP contribution in [0.25, 0.3) is 10.2 Å². The molecule has 0 spiro atoms. The molecule has 2 atom stereocenters. The van der Waals surface area contributed by atoms with Crippen LogP contribution in [0.5, 0.6) is 0 Å². The monoisotopic (exact) mass is 327 g/mol. The third kappa shape index (κ3) is 2.90. The fraction of sp³-hybridized carbons (Fsp3) is 0.571. The average Bonchev–Trinajstić information content (AvgIpc) is 2.79. The van der Waals surface area contributed by atoms with Crippen LogP contribution in [0.4, 0.5) is 5.82 Å². The number of rotatable bonds is 3. The van der Waals surface area contributed by atoms with E-state index in [0.29, 0.717) is 16.6 Å². The van der Waals surface area contributed by atoms with Crippen molar-refractivity contribution in [1.29, 1.82) is 0 Å². The Morgan fingerprint density at radius 3 is 2.95 bits per heavy atom. The van der Waals surface area contributed by atoms with Crippen molar-refractivity contribution in [1.82, 2.24) is 9.97 Å². The van der Waals surface area contributed by atoms with Crippen LogP contribution < -0.4 is 5.32 Å². The molecular formula is C14H18ClN3S2. The Kier molecular flexibility index (Phi) is 4.38. The molecule has 2 aromatic heterocycles. The number of hydrogen-bond donors (Lipinski definition) is 1. The molecule has 2 aromatic rings. The van der Waals surface area contributed by atoms with Gasteiger partial charge in [0.1, 0.15) is 10.6 Å². The van der Waals surface area contributed by atoms with Gasteiger partial charge in [-0.3, -0.25) is 0 Å². The first-order chi connectivity index (χ1) is 9.67. The molecule has 108 valence electrons. The molecule has 1 fully saturated rings. The molecular weight excluding hydrogens is 310 g/mol. The van der Waals surface area contributed by atoms with Gasteiger partial charge in [0.25, 0.3) is 0 Å². The Bertz CT molecular complexity index is 614. The molecule has 0 aliphatic heterocycles. The number of aryl methyl sites for hydroxylation is 1. The number of halogens is 1. The number of anilines is 1. The topological polar surface area (TPSA) is 37.8 Å². The zero-order chi connectivity index (χ0) is 14.1. The standard InChI is InChI=1S/C14H18ClN3S2/c1-8-7-9-12(17-14(15)18-13(9)20-8)16-10-5-3-4-6-11(10)19-2/h7,10-11H,3-6H2,1-2H3,(H,16,17,18). The van der Waals surface area contributed by atoms with Crippen molar-refractivity contribution in [3.8, 4) is 0 Å². The predicted molar refractivity (Wildman–Crippen MR) is 90.3 cm³/mol. The maximum absolute atomic E-state index is 6.06. The molecule has 0 amide bonds. The zero-order valence-electron chi connectivity index (χ0n) is 11.6. The lowest BCUT2D eigenvalue weighted by Gasteiger charge is -2.31. The minimum atomic E-state index is 0.332. The van der Waals surface area contributed by atoms with Crippen LogP contribution in [-0.4, -0.2) is 27.5 Å². The summed E-state index contributed by atoms with van der Waals surface area (Å²) in [5, 5.41) is 5.72. The molecule has 0 saturated heterocycles. The fourth-order valence-corrected chi connectivity index (χ4v) is 4.88. The molecule has 1 aliphatic rings. The molecule has 1 aliphatic carbocycles. The van der Waals surface area contributed by atoms with Crippen LogP contribution in [0, 0.1) is 6.92 Å². The van der Waals surface area contributed by atoms with Gasteiger partial charge in [0.05, 0.1) is 5.39 Å². The lowest BCUT2D eigenvalue weighted by Crippen LogP contribution is -2.34. The molecule has 3 nitrogen and oxygen atoms in total. The largest absolute Gasteiger partial charge is 0.366 e. The van der Waals surface area contributed by atoms with E-state index in [0.717, 1.165) is 16.0 Å². The summed E-state index contributed by atoms with van der Waals surface area (Å²) in [5.74, 6) is 0.898. The van der Waals surface area contributed by atoms with Gasteiger partial charge in [0, 0.05) is 16.2 Å². The number of aromatic nitrogens is 2. The van der Waals surface area contributed by atoms with Crippen molar-refractivity contribution in [3.63, 3.8) is 0 Å². The number of nitrogens with zero attached hydrogens (tertiary/aromatic N) is 2. The summed E-state index contributed by atoms with van der Waals surface area (Å²) >= 11 is 9.68. The quantitative estimate of drug-likeness (QED) is 0.826. The number of fused-ring (bicyclic) bond motifs is 1. The van der Waals surface area contributed by atoms with Gasteiger partial charge in [-0.15, -0.1) is 11.3 Å². The van der Waals surface area contributed by atoms with Crippen molar-refractivity contribution in [3.05, 3.63) is 16.2 Å². The lowest BCUT2D eigenvalue weighted by molar-refractivity contribution is 0.474. The van der Waals surface area contributed by atoms with E-state index in [1.807, 2.05) is 11.8 Å². The van der Waals surface area contributed by atoms with Crippen molar-refractivity contribution in [2.75, 3.05) is 11.6 Å². The van der Waals surface area contributed by atoms with E-state index in [1.54, 1.807) is 11.3 Å². The smallest absolute Gasteiger partial charge is 0.225 e. The summed E-state index contributed by atoms with van der Waals surface area (Å²) in [4.78, 5) is 10.9. The van der Waals surface area contributed by atoms with Crippen molar-refractivity contribution in [2.45, 2.75) is 43.9 Å². The molecule has 2 unspecified atom stereocenters. The Hall–Kier alpha value is -0.520. The Labute approximate surface area is 132 Å². The maximum Gasteiger partial charge on any atom is 0.225 e. The minimum absolute atomic E-state index is 0.332. The average molecular weight is 328 g/mol. The first kappa shape index (κ1) is 14.4. The molecule has 1 saturated carbocycles. The second kappa shape index (κ2) is 6.08. The van der Waals surface area contributed by atoms with Crippen LogP contribution in [0.3, 0.4) is 0 Å². The highest BCUT2D eigenvalue weighted by molar-refractivity contribution is 7.99. The van der Waals surface area contributed by atoms with Gasteiger partial charge in [-0.05, 0) is 43.7 Å². The molecule has 0 aromatic carbocycles. The summed E-state index contributed by atoms with van der Waals surface area (Å²) in [6.45, 7) is 2.09. The molecule has 1 N–H and O–H groups in total. The molecule has 20 heavy (non-hydrogen) atoms. The maximum atomic E-state index is 6.06. The first-order valence-corrected chi connectivity index (χ1v) is 9.38. The normalized spacial score (nSPS) is 23.1. The van der Waals surface area contributed by atoms with Gasteiger partial charge in [-0.2, -0.15) is 11.8 Å². The summed E-state index contributed by atoms with van der Waals surface area (Å²) in [7, 11) is 0. The van der Waals surface area contributed by atoms with Gasteiger partial charge in [0.2, 0.25) is 5.28 Å². The number of nitrogens with one attached hydrogen (secondary N) is 1. The summed E-state index contributed by atoms with van der Waals surface area (Å²) in [6.07, 6.45) is 7.31. The van der Waals surface area contributed by atoms with E-state index < -0.39 is 0 Å². The van der Waals surface area contributed by atoms with Gasteiger partial charge in [-0.1, -0.05) is 12.8 Å². The number of hydrogen-bond acceptors (Lipinski definition) is 5. The minimum Gasteiger partial charge on any atom is -0.366 e. The van der Waals surface area contributed by atoms with Crippen LogP contribution >= 0.6 is 34.7 Å². The lowest BCUT2D eigenvalue weighted by atomic mass is 9.95. The second-order valence-corrected chi connectivity index (χ2v) is 7.88. The summed E-state index contributed by atoms with van der Waals surface area (Å²) < 4.78 is 0. The van der Waals surface area contributed by atoms with E-state index in [9.17, 15) is 0 Å². The highest BCUT2D eigenvalue weighted by Gasteiger charge is 2.25. The van der Waals surface area contributed by atoms with E-state index >= 15 is 0 Å². The molecule has 3 rings (SSSR count). The van der Waals surface area contributed by atoms with Crippen molar-refractivity contribution in [2.24, 2.45) is 0 Å². The highest BCUT2D eigenvalue weighted by Crippen LogP contribution is 2.33. The molecule has 0 bridgehead atoms. The van der Waals surface area contributed by atoms with Gasteiger partial charge < -0.3 is 5.32 Å². The third-order valence-electron chi connectivity index (χ3n) is 3.82. The molecule has 6 heteroatoms. The van der Waals surface area contributed by atoms with Crippen LogP contribution in [0.2, 0.25) is 5.28 Å². The van der Waals surface area contributed by atoms with E-state index in [-0.39, 0.29) is 0 Å². The number of thiophene rings is 1. The van der Waals surface area contributed by atoms with Gasteiger partial charge in [0.15, 0.2) is 0 Å². The summed E-state index contributed by atoms with van der Waals surface area (Å²) in [5.41, 5.74) is 0. The van der Waals surface area contributed by atoms with Crippen LogP contribution in [0.15, 0.2) is 6.07 Å². The van der Waals surface area contributed by atoms with E-state index in [1.165, 1.54) is 30.6 Å². The third-order valence-corrected chi connectivity index (χ3v) is 6.10. The van der Waals surface area contributed by atoms with Gasteiger partial charge >= 0.3 is 0 Å². The SMILES string of the molecule is CSC1CCCCC1Nc1nc(Cl)nc2sc(C)cc12. The van der Waals surface area contributed by atoms with Crippen LogP contribution in [0.1, 0.15) is 30.6 Å². The zero-order valence-corrected chi connectivity index (χ0v) is 14.0. The fourth-order valence-electron chi connectivity index (χ4n) is 2.85. The Morgan fingerprint density at radius 1 is 1.35 bits per heavy atom. The second-order valence-electron chi connectivity index (χ2n) is 5.23. The summed E-state index contributed by atoms with van der Waals surface area (Å²) in [6, 6.07) is 2.63. The first-order valence-electron chi connectivity index (χ1n) is 6.90.